The van der Waals surface area contributed by atoms with Crippen molar-refractivity contribution < 1.29 is 18.4 Å². The highest BCUT2D eigenvalue weighted by atomic mass is 35.5. The van der Waals surface area contributed by atoms with Gasteiger partial charge in [-0.25, -0.2) is 14.4 Å². The van der Waals surface area contributed by atoms with Crippen LogP contribution in [-0.2, 0) is 13.6 Å². The van der Waals surface area contributed by atoms with Crippen LogP contribution >= 0.6 is 30.9 Å². The summed E-state index contributed by atoms with van der Waals surface area (Å²) in [4.78, 5) is 11.8. The quantitative estimate of drug-likeness (QED) is 0.757. The maximum Gasteiger partial charge on any atom is 0.436 e. The molecule has 112 valence electrons. The zero-order chi connectivity index (χ0) is 15.2. The maximum atomic E-state index is 12.1. The van der Waals surface area contributed by atoms with Crippen LogP contribution in [0.2, 0.25) is 10.0 Å². The molecular weight excluding hydrogens is 326 g/mol. The van der Waals surface area contributed by atoms with E-state index in [0.29, 0.717) is 15.7 Å². The summed E-state index contributed by atoms with van der Waals surface area (Å²) in [6, 6.07) is 3.78. The Bertz CT molecular complexity index is 497. The predicted octanol–water partition coefficient (Wildman–Crippen LogP) is 4.30. The third-order valence-corrected chi connectivity index (χ3v) is 4.07. The van der Waals surface area contributed by atoms with Gasteiger partial charge >= 0.3 is 13.8 Å². The molecule has 0 bridgehead atoms. The molecule has 1 aromatic rings. The molecule has 0 aliphatic rings. The van der Waals surface area contributed by atoms with Gasteiger partial charge in [0.15, 0.2) is 0 Å². The molecule has 0 spiro atoms. The molecule has 0 saturated carbocycles. The topological polar surface area (TPSA) is 76.7 Å². The molecule has 20 heavy (non-hydrogen) atoms. The zero-order valence-corrected chi connectivity index (χ0v) is 13.4. The minimum Gasteiger partial charge on any atom is -0.308 e. The fraction of sp³-hybridized carbons (Fsp3) is 0.364. The van der Waals surface area contributed by atoms with Gasteiger partial charge in [-0.2, -0.15) is 0 Å². The third-order valence-electron chi connectivity index (χ3n) is 1.96. The van der Waals surface area contributed by atoms with Crippen molar-refractivity contribution in [1.82, 2.24) is 5.09 Å². The number of urea groups is 1. The van der Waals surface area contributed by atoms with E-state index in [4.69, 9.17) is 32.2 Å². The molecule has 0 saturated heterocycles. The maximum absolute atomic E-state index is 12.1. The molecule has 0 aromatic heterocycles. The van der Waals surface area contributed by atoms with E-state index < -0.39 is 13.8 Å². The molecule has 2 N–H and O–H groups in total. The van der Waals surface area contributed by atoms with Crippen LogP contribution in [-0.4, -0.2) is 19.2 Å². The van der Waals surface area contributed by atoms with E-state index in [1.54, 1.807) is 13.8 Å². The number of halogens is 2. The largest absolute Gasteiger partial charge is 0.436 e. The molecule has 6 nitrogen and oxygen atoms in total. The second-order valence-corrected chi connectivity index (χ2v) is 6.16. The summed E-state index contributed by atoms with van der Waals surface area (Å²) in [7, 11) is -3.66. The van der Waals surface area contributed by atoms with Crippen LogP contribution < -0.4 is 10.4 Å². The number of amides is 2. The van der Waals surface area contributed by atoms with Gasteiger partial charge in [-0.15, -0.1) is 0 Å². The highest BCUT2D eigenvalue weighted by molar-refractivity contribution is 7.52. The average molecular weight is 341 g/mol. The van der Waals surface area contributed by atoms with Crippen LogP contribution in [0, 0.1) is 0 Å². The van der Waals surface area contributed by atoms with Crippen molar-refractivity contribution in [1.29, 1.82) is 0 Å². The highest BCUT2D eigenvalue weighted by Crippen LogP contribution is 2.43. The molecule has 9 heteroatoms. The Kier molecular flexibility index (Phi) is 6.79. The fourth-order valence-corrected chi connectivity index (χ4v) is 3.07. The lowest BCUT2D eigenvalue weighted by molar-refractivity contribution is 0.209. The van der Waals surface area contributed by atoms with Gasteiger partial charge in [0.1, 0.15) is 0 Å². The zero-order valence-electron chi connectivity index (χ0n) is 11.0. The Hall–Kier alpha value is -0.780. The number of hydrogen-bond acceptors (Lipinski definition) is 4. The smallest absolute Gasteiger partial charge is 0.308 e. The van der Waals surface area contributed by atoms with Crippen LogP contribution in [0.15, 0.2) is 18.2 Å². The Morgan fingerprint density at radius 1 is 1.15 bits per heavy atom. The van der Waals surface area contributed by atoms with Crippen LogP contribution in [0.4, 0.5) is 10.5 Å². The first kappa shape index (κ1) is 17.3. The van der Waals surface area contributed by atoms with Crippen molar-refractivity contribution in [3.63, 3.8) is 0 Å². The molecule has 1 rings (SSSR count). The Balaban J connectivity index is 2.72. The summed E-state index contributed by atoms with van der Waals surface area (Å²) in [6.07, 6.45) is 0. The normalized spacial score (nSPS) is 11.2. The van der Waals surface area contributed by atoms with Crippen LogP contribution in [0.1, 0.15) is 13.8 Å². The number of nitrogens with one attached hydrogen (secondary N) is 2. The van der Waals surface area contributed by atoms with E-state index in [0.717, 1.165) is 0 Å². The van der Waals surface area contributed by atoms with Crippen molar-refractivity contribution >= 4 is 42.7 Å². The van der Waals surface area contributed by atoms with E-state index in [9.17, 15) is 9.36 Å². The summed E-state index contributed by atoms with van der Waals surface area (Å²) in [6.45, 7) is 3.56. The van der Waals surface area contributed by atoms with Gasteiger partial charge in [-0.3, -0.25) is 9.05 Å². The van der Waals surface area contributed by atoms with Gasteiger partial charge in [0.2, 0.25) is 0 Å². The van der Waals surface area contributed by atoms with E-state index >= 15 is 0 Å². The highest BCUT2D eigenvalue weighted by Gasteiger charge is 2.26. The molecule has 0 heterocycles. The number of hydrogen-bond donors (Lipinski definition) is 2. The van der Waals surface area contributed by atoms with Crippen molar-refractivity contribution in [2.45, 2.75) is 13.8 Å². The number of rotatable bonds is 6. The molecule has 1 aromatic carbocycles. The standard InChI is InChI=1S/C11H15Cl2N2O4P/c1-3-18-20(17,19-4-2)15-11(16)14-10-6-8(12)5-9(13)7-10/h5-7H,3-4H2,1-2H3,(H2,14,15,16,17). The molecule has 0 aliphatic carbocycles. The van der Waals surface area contributed by atoms with Gasteiger partial charge in [-0.1, -0.05) is 23.2 Å². The van der Waals surface area contributed by atoms with Gasteiger partial charge in [0.25, 0.3) is 0 Å². The van der Waals surface area contributed by atoms with Crippen molar-refractivity contribution in [2.24, 2.45) is 0 Å². The van der Waals surface area contributed by atoms with E-state index in [2.05, 4.69) is 10.4 Å². The summed E-state index contributed by atoms with van der Waals surface area (Å²) >= 11 is 11.6. The first-order valence-corrected chi connectivity index (χ1v) is 8.13. The molecule has 0 unspecified atom stereocenters. The summed E-state index contributed by atoms with van der Waals surface area (Å²) in [5.41, 5.74) is 0.361. The van der Waals surface area contributed by atoms with Gasteiger partial charge in [0.05, 0.1) is 13.2 Å². The van der Waals surface area contributed by atoms with Gasteiger partial charge in [-0.05, 0) is 32.0 Å². The molecule has 0 aliphatic heterocycles. The molecule has 2 amide bonds. The van der Waals surface area contributed by atoms with E-state index in [-0.39, 0.29) is 13.2 Å². The van der Waals surface area contributed by atoms with Crippen LogP contribution in [0.5, 0.6) is 0 Å². The third kappa shape index (κ3) is 5.69. The molecule has 0 atom stereocenters. The predicted molar refractivity (Wildman–Crippen MR) is 79.5 cm³/mol. The SMILES string of the molecule is CCOP(=O)(NC(=O)Nc1cc(Cl)cc(Cl)c1)OCC. The molecule has 0 radical (unpaired) electrons. The first-order valence-electron chi connectivity index (χ1n) is 5.83. The average Bonchev–Trinajstić information content (AvgIpc) is 2.26. The second kappa shape index (κ2) is 7.86. The minimum atomic E-state index is -3.66. The lowest BCUT2D eigenvalue weighted by Gasteiger charge is -2.17. The Labute approximate surface area is 127 Å². The number of carbonyl (C=O) groups is 1. The van der Waals surface area contributed by atoms with Crippen LogP contribution in [0.25, 0.3) is 0 Å². The summed E-state index contributed by atoms with van der Waals surface area (Å²) < 4.78 is 21.9. The second-order valence-electron chi connectivity index (χ2n) is 3.56. The van der Waals surface area contributed by atoms with Gasteiger partial charge in [0, 0.05) is 15.7 Å². The number of carbonyl (C=O) groups excluding carboxylic acids is 1. The number of anilines is 1. The first-order chi connectivity index (χ1) is 9.38. The van der Waals surface area contributed by atoms with E-state index in [1.807, 2.05) is 0 Å². The summed E-state index contributed by atoms with van der Waals surface area (Å²) in [5.74, 6) is 0. The summed E-state index contributed by atoms with van der Waals surface area (Å²) in [5, 5.41) is 5.34. The van der Waals surface area contributed by atoms with Crippen molar-refractivity contribution in [2.75, 3.05) is 18.5 Å². The molecule has 0 fully saturated rings. The van der Waals surface area contributed by atoms with Crippen molar-refractivity contribution in [3.8, 4) is 0 Å². The monoisotopic (exact) mass is 340 g/mol. The van der Waals surface area contributed by atoms with Crippen molar-refractivity contribution in [3.05, 3.63) is 28.2 Å². The van der Waals surface area contributed by atoms with Crippen LogP contribution in [0.3, 0.4) is 0 Å². The minimum absolute atomic E-state index is 0.139. The van der Waals surface area contributed by atoms with E-state index in [1.165, 1.54) is 18.2 Å². The lowest BCUT2D eigenvalue weighted by Crippen LogP contribution is -2.28. The number of benzene rings is 1. The van der Waals surface area contributed by atoms with Gasteiger partial charge < -0.3 is 5.32 Å². The Morgan fingerprint density at radius 3 is 2.10 bits per heavy atom. The Morgan fingerprint density at radius 2 is 1.65 bits per heavy atom. The lowest BCUT2D eigenvalue weighted by atomic mass is 10.3. The fourth-order valence-electron chi connectivity index (χ4n) is 1.35. The molecular formula is C11H15Cl2N2O4P.